The van der Waals surface area contributed by atoms with E-state index < -0.39 is 0 Å². The van der Waals surface area contributed by atoms with Crippen LogP contribution in [0.15, 0.2) is 0 Å². The maximum atomic E-state index is 12.4. The first-order valence-corrected chi connectivity index (χ1v) is 8.23. The molecule has 0 bridgehead atoms. The maximum absolute atomic E-state index is 12.4. The monoisotopic (exact) mass is 294 g/mol. The van der Waals surface area contributed by atoms with Gasteiger partial charge in [0.25, 0.3) is 0 Å². The van der Waals surface area contributed by atoms with Crippen LogP contribution in [0, 0.1) is 11.3 Å². The highest BCUT2D eigenvalue weighted by molar-refractivity contribution is 5.89. The quantitative estimate of drug-likeness (QED) is 0.850. The Morgan fingerprint density at radius 3 is 2.71 bits per heavy atom. The van der Waals surface area contributed by atoms with Gasteiger partial charge in [0.05, 0.1) is 12.0 Å². The average Bonchev–Trinajstić information content (AvgIpc) is 3.07. The third-order valence-corrected chi connectivity index (χ3v) is 5.72. The van der Waals surface area contributed by atoms with Crippen LogP contribution in [0.4, 0.5) is 0 Å². The lowest BCUT2D eigenvalue weighted by Crippen LogP contribution is -2.64. The molecule has 3 fully saturated rings. The second-order valence-corrected chi connectivity index (χ2v) is 6.86. The molecule has 0 radical (unpaired) electrons. The van der Waals surface area contributed by atoms with E-state index in [4.69, 9.17) is 4.74 Å². The Morgan fingerprint density at radius 2 is 2.14 bits per heavy atom. The third-order valence-electron chi connectivity index (χ3n) is 5.72. The Morgan fingerprint density at radius 1 is 1.43 bits per heavy atom. The molecule has 1 saturated heterocycles. The van der Waals surface area contributed by atoms with Crippen molar-refractivity contribution < 1.29 is 14.3 Å². The van der Waals surface area contributed by atoms with Gasteiger partial charge in [-0.2, -0.15) is 0 Å². The van der Waals surface area contributed by atoms with Crippen molar-refractivity contribution in [2.75, 3.05) is 20.2 Å². The molecular weight excluding hydrogens is 268 g/mol. The highest BCUT2D eigenvalue weighted by Crippen LogP contribution is 2.54. The second-order valence-electron chi connectivity index (χ2n) is 6.86. The van der Waals surface area contributed by atoms with Crippen molar-refractivity contribution in [3.63, 3.8) is 0 Å². The summed E-state index contributed by atoms with van der Waals surface area (Å²) in [6.45, 7) is 3.34. The van der Waals surface area contributed by atoms with Gasteiger partial charge >= 0.3 is 0 Å². The normalized spacial score (nSPS) is 34.3. The number of likely N-dealkylation sites (tertiary alicyclic amines) is 1. The summed E-state index contributed by atoms with van der Waals surface area (Å²) >= 11 is 0. The summed E-state index contributed by atoms with van der Waals surface area (Å²) in [7, 11) is 1.77. The fourth-order valence-corrected chi connectivity index (χ4v) is 4.42. The molecule has 1 heterocycles. The van der Waals surface area contributed by atoms with E-state index in [-0.39, 0.29) is 29.2 Å². The van der Waals surface area contributed by atoms with Gasteiger partial charge in [0.1, 0.15) is 0 Å². The summed E-state index contributed by atoms with van der Waals surface area (Å²) in [5.74, 6) is -0.0439. The fraction of sp³-hybridized carbons (Fsp3) is 0.875. The standard InChI is InChI=1S/C16H26N2O3/c1-3-21-13-9-12(16(13)6-4-5-7-16)17-15(20)11-8-14(19)18(2)10-11/h11-13H,3-10H2,1-2H3,(H,17,20)/t11-,12+,13-/m1/s1. The smallest absolute Gasteiger partial charge is 0.225 e. The molecule has 1 aliphatic heterocycles. The Bertz CT molecular complexity index is 431. The summed E-state index contributed by atoms with van der Waals surface area (Å²) in [5.41, 5.74) is 0.167. The van der Waals surface area contributed by atoms with Crippen LogP contribution >= 0.6 is 0 Å². The van der Waals surface area contributed by atoms with E-state index in [1.54, 1.807) is 11.9 Å². The van der Waals surface area contributed by atoms with E-state index in [1.807, 2.05) is 6.92 Å². The molecule has 0 aromatic rings. The van der Waals surface area contributed by atoms with Gasteiger partial charge in [-0.3, -0.25) is 9.59 Å². The Kier molecular flexibility index (Phi) is 3.95. The van der Waals surface area contributed by atoms with Crippen LogP contribution in [0.25, 0.3) is 0 Å². The Labute approximate surface area is 126 Å². The van der Waals surface area contributed by atoms with Crippen molar-refractivity contribution in [2.24, 2.45) is 11.3 Å². The number of carbonyl (C=O) groups excluding carboxylic acids is 2. The summed E-state index contributed by atoms with van der Waals surface area (Å²) in [5, 5.41) is 3.22. The van der Waals surface area contributed by atoms with Gasteiger partial charge in [-0.1, -0.05) is 12.8 Å². The topological polar surface area (TPSA) is 58.6 Å². The summed E-state index contributed by atoms with van der Waals surface area (Å²) < 4.78 is 5.87. The molecule has 3 rings (SSSR count). The number of nitrogens with one attached hydrogen (secondary N) is 1. The molecule has 5 heteroatoms. The van der Waals surface area contributed by atoms with Crippen LogP contribution < -0.4 is 5.32 Å². The van der Waals surface area contributed by atoms with Gasteiger partial charge in [0.2, 0.25) is 11.8 Å². The first-order chi connectivity index (χ1) is 10.1. The molecular formula is C16H26N2O3. The Hall–Kier alpha value is -1.10. The molecule has 21 heavy (non-hydrogen) atoms. The molecule has 3 atom stereocenters. The molecule has 5 nitrogen and oxygen atoms in total. The number of rotatable bonds is 4. The van der Waals surface area contributed by atoms with Crippen molar-refractivity contribution in [1.82, 2.24) is 10.2 Å². The van der Waals surface area contributed by atoms with Crippen molar-refractivity contribution >= 4 is 11.8 Å². The minimum absolute atomic E-state index is 0.0546. The average molecular weight is 294 g/mol. The SMILES string of the molecule is CCO[C@@H]1C[C@H](NC(=O)[C@@H]2CC(=O)N(C)C2)C12CCCC2. The summed E-state index contributed by atoms with van der Waals surface area (Å²) in [4.78, 5) is 25.6. The lowest BCUT2D eigenvalue weighted by atomic mass is 9.60. The van der Waals surface area contributed by atoms with E-state index >= 15 is 0 Å². The number of amides is 2. The minimum Gasteiger partial charge on any atom is -0.378 e. The van der Waals surface area contributed by atoms with Gasteiger partial charge in [-0.25, -0.2) is 0 Å². The molecule has 0 aromatic carbocycles. The molecule has 2 amide bonds. The van der Waals surface area contributed by atoms with Crippen molar-refractivity contribution in [3.05, 3.63) is 0 Å². The zero-order valence-corrected chi connectivity index (χ0v) is 13.1. The minimum atomic E-state index is -0.174. The first kappa shape index (κ1) is 14.8. The predicted molar refractivity (Wildman–Crippen MR) is 78.6 cm³/mol. The summed E-state index contributed by atoms with van der Waals surface area (Å²) in [6.07, 6.45) is 6.38. The highest BCUT2D eigenvalue weighted by Gasteiger charge is 2.57. The molecule has 2 saturated carbocycles. The zero-order valence-electron chi connectivity index (χ0n) is 13.1. The molecule has 1 N–H and O–H groups in total. The molecule has 0 aromatic heterocycles. The Balaban J connectivity index is 1.60. The number of hydrogen-bond donors (Lipinski definition) is 1. The van der Waals surface area contributed by atoms with Crippen LogP contribution in [-0.2, 0) is 14.3 Å². The molecule has 3 aliphatic rings. The summed E-state index contributed by atoms with van der Waals surface area (Å²) in [6, 6.07) is 0.241. The van der Waals surface area contributed by atoms with Crippen LogP contribution in [0.5, 0.6) is 0 Å². The van der Waals surface area contributed by atoms with Gasteiger partial charge in [0.15, 0.2) is 0 Å². The van der Waals surface area contributed by atoms with Gasteiger partial charge in [-0.05, 0) is 26.2 Å². The molecule has 2 aliphatic carbocycles. The second kappa shape index (κ2) is 5.59. The van der Waals surface area contributed by atoms with Crippen LogP contribution in [0.1, 0.15) is 45.4 Å². The van der Waals surface area contributed by atoms with Crippen molar-refractivity contribution in [1.29, 1.82) is 0 Å². The highest BCUT2D eigenvalue weighted by atomic mass is 16.5. The van der Waals surface area contributed by atoms with E-state index in [9.17, 15) is 9.59 Å². The van der Waals surface area contributed by atoms with Crippen molar-refractivity contribution in [3.8, 4) is 0 Å². The predicted octanol–water partition coefficient (Wildman–Crippen LogP) is 1.32. The van der Waals surface area contributed by atoms with Gasteiger partial charge in [0, 0.05) is 38.1 Å². The van der Waals surface area contributed by atoms with E-state index in [2.05, 4.69) is 5.32 Å². The number of carbonyl (C=O) groups is 2. The maximum Gasteiger partial charge on any atom is 0.225 e. The number of hydrogen-bond acceptors (Lipinski definition) is 3. The molecule has 0 unspecified atom stereocenters. The molecule has 1 spiro atoms. The first-order valence-electron chi connectivity index (χ1n) is 8.23. The number of nitrogens with zero attached hydrogens (tertiary/aromatic N) is 1. The van der Waals surface area contributed by atoms with E-state index in [1.165, 1.54) is 12.8 Å². The van der Waals surface area contributed by atoms with Gasteiger partial charge in [-0.15, -0.1) is 0 Å². The van der Waals surface area contributed by atoms with Crippen molar-refractivity contribution in [2.45, 2.75) is 57.6 Å². The number of ether oxygens (including phenoxy) is 1. The zero-order chi connectivity index (χ0) is 15.0. The lowest BCUT2D eigenvalue weighted by molar-refractivity contribution is -0.146. The molecule has 118 valence electrons. The van der Waals surface area contributed by atoms with Crippen LogP contribution in [0.3, 0.4) is 0 Å². The van der Waals surface area contributed by atoms with Crippen LogP contribution in [-0.4, -0.2) is 49.1 Å². The fourth-order valence-electron chi connectivity index (χ4n) is 4.42. The largest absolute Gasteiger partial charge is 0.378 e. The van der Waals surface area contributed by atoms with Gasteiger partial charge < -0.3 is 15.0 Å². The third kappa shape index (κ3) is 2.45. The van der Waals surface area contributed by atoms with E-state index in [0.717, 1.165) is 25.9 Å². The van der Waals surface area contributed by atoms with E-state index in [0.29, 0.717) is 19.1 Å². The van der Waals surface area contributed by atoms with Crippen LogP contribution in [0.2, 0.25) is 0 Å². The lowest BCUT2D eigenvalue weighted by Gasteiger charge is -2.54.